The lowest BCUT2D eigenvalue weighted by atomic mass is 9.94. The van der Waals surface area contributed by atoms with Gasteiger partial charge >= 0.3 is 5.97 Å². The van der Waals surface area contributed by atoms with Crippen LogP contribution in [0.3, 0.4) is 0 Å². The normalized spacial score (nSPS) is 17.2. The van der Waals surface area contributed by atoms with Gasteiger partial charge in [-0.2, -0.15) is 0 Å². The summed E-state index contributed by atoms with van der Waals surface area (Å²) in [6.07, 6.45) is 8.85. The highest BCUT2D eigenvalue weighted by atomic mass is 16.4. The first-order valence-corrected chi connectivity index (χ1v) is 18.5. The lowest BCUT2D eigenvalue weighted by molar-refractivity contribution is -0.140. The molecule has 3 aliphatic rings. The van der Waals surface area contributed by atoms with E-state index in [9.17, 15) is 29.7 Å². The molecule has 7 rings (SSSR count). The first-order valence-electron chi connectivity index (χ1n) is 18.5. The number of carbonyl (C=O) groups excluding carboxylic acids is 2. The van der Waals surface area contributed by atoms with Crippen LogP contribution in [0.2, 0.25) is 0 Å². The minimum atomic E-state index is -1.14. The number of amides is 2. The van der Waals surface area contributed by atoms with Crippen molar-refractivity contribution < 1.29 is 29.7 Å². The van der Waals surface area contributed by atoms with Crippen molar-refractivity contribution >= 4 is 35.4 Å². The standard InChI is InChI=1S/C42H46N6O6/c1-24-31(6-4-8-35(24)46-39(50)37-14-33(26-10-11-26)28(18-44-37)16-43-17-30(21-49)41(52)53)32-7-5-9-36(25(32)2)47-40(51)38-15-34(27-12-13-27)29(19-45-38)20-48-22-42(3,54)23-48/h4-9,14-15,17-19,26-27,30,49,54H,10-13,16,20-23H2,1-3H3,(H,46,50)(H,47,51)(H,52,53)/b43-17+. The van der Waals surface area contributed by atoms with Crippen LogP contribution in [0.1, 0.15) is 98.8 Å². The Labute approximate surface area is 314 Å². The molecular formula is C42H46N6O6. The quantitative estimate of drug-likeness (QED) is 0.0996. The van der Waals surface area contributed by atoms with Crippen LogP contribution in [0.5, 0.6) is 0 Å². The van der Waals surface area contributed by atoms with Gasteiger partial charge in [-0.25, -0.2) is 0 Å². The van der Waals surface area contributed by atoms with Crippen molar-refractivity contribution in [1.82, 2.24) is 14.9 Å². The van der Waals surface area contributed by atoms with E-state index in [1.807, 2.05) is 69.4 Å². The Kier molecular flexibility index (Phi) is 10.4. The Morgan fingerprint density at radius 1 is 0.870 bits per heavy atom. The number of carboxylic acid groups (broad SMARTS) is 1. The molecule has 0 bridgehead atoms. The van der Waals surface area contributed by atoms with Crippen molar-refractivity contribution in [2.75, 3.05) is 30.3 Å². The maximum Gasteiger partial charge on any atom is 0.314 e. The number of hydrogen-bond acceptors (Lipinski definition) is 9. The van der Waals surface area contributed by atoms with Gasteiger partial charge in [-0.15, -0.1) is 0 Å². The van der Waals surface area contributed by atoms with Gasteiger partial charge in [0, 0.05) is 49.6 Å². The molecule has 2 aliphatic carbocycles. The number of carboxylic acids is 1. The number of carbonyl (C=O) groups is 3. The Bertz CT molecular complexity index is 2130. The van der Waals surface area contributed by atoms with Crippen LogP contribution in [-0.4, -0.2) is 79.5 Å². The van der Waals surface area contributed by atoms with E-state index in [-0.39, 0.29) is 24.1 Å². The zero-order valence-corrected chi connectivity index (χ0v) is 30.8. The van der Waals surface area contributed by atoms with Crippen LogP contribution in [0, 0.1) is 19.8 Å². The van der Waals surface area contributed by atoms with Gasteiger partial charge in [0.1, 0.15) is 17.3 Å². The summed E-state index contributed by atoms with van der Waals surface area (Å²) in [6, 6.07) is 15.2. The number of aliphatic imine (C=N–C) groups is 1. The van der Waals surface area contributed by atoms with Crippen molar-refractivity contribution in [2.45, 2.75) is 77.0 Å². The van der Waals surface area contributed by atoms with Gasteiger partial charge in [-0.1, -0.05) is 24.3 Å². The van der Waals surface area contributed by atoms with Gasteiger partial charge in [0.05, 0.1) is 18.8 Å². The average Bonchev–Trinajstić information content (AvgIpc) is 4.06. The highest BCUT2D eigenvalue weighted by molar-refractivity contribution is 6.05. The van der Waals surface area contributed by atoms with E-state index in [2.05, 4.69) is 30.5 Å². The number of hydrogen-bond donors (Lipinski definition) is 5. The number of pyridine rings is 2. The maximum atomic E-state index is 13.6. The molecule has 5 N–H and O–H groups in total. The van der Waals surface area contributed by atoms with E-state index < -0.39 is 24.1 Å². The van der Waals surface area contributed by atoms with Crippen LogP contribution in [0.4, 0.5) is 11.4 Å². The Hall–Kier alpha value is -5.30. The van der Waals surface area contributed by atoms with Crippen molar-refractivity contribution in [3.8, 4) is 11.1 Å². The first kappa shape index (κ1) is 37.0. The second kappa shape index (κ2) is 15.2. The summed E-state index contributed by atoms with van der Waals surface area (Å²) in [5, 5.41) is 34.7. The van der Waals surface area contributed by atoms with Gasteiger partial charge in [0.15, 0.2) is 0 Å². The van der Waals surface area contributed by atoms with Crippen LogP contribution >= 0.6 is 0 Å². The monoisotopic (exact) mass is 730 g/mol. The lowest BCUT2D eigenvalue weighted by Crippen LogP contribution is -2.59. The van der Waals surface area contributed by atoms with Crippen LogP contribution < -0.4 is 10.6 Å². The number of β-amino-alcohol motifs (C(OH)–C–C–N with tert-alkyl or cyclic N) is 1. The summed E-state index contributed by atoms with van der Waals surface area (Å²) in [7, 11) is 0. The van der Waals surface area contributed by atoms with Crippen LogP contribution in [0.25, 0.3) is 11.1 Å². The van der Waals surface area contributed by atoms with Crippen molar-refractivity contribution in [2.24, 2.45) is 10.9 Å². The molecule has 12 nitrogen and oxygen atoms in total. The molecule has 2 aromatic carbocycles. The van der Waals surface area contributed by atoms with Crippen molar-refractivity contribution in [1.29, 1.82) is 0 Å². The number of anilines is 2. The van der Waals surface area contributed by atoms with E-state index in [1.165, 1.54) is 6.21 Å². The fraction of sp³-hybridized carbons (Fsp3) is 0.381. The van der Waals surface area contributed by atoms with Crippen molar-refractivity contribution in [3.63, 3.8) is 0 Å². The molecule has 4 aromatic rings. The zero-order valence-electron chi connectivity index (χ0n) is 30.8. The van der Waals surface area contributed by atoms with E-state index in [0.29, 0.717) is 48.5 Å². The van der Waals surface area contributed by atoms with Gasteiger partial charge in [0.25, 0.3) is 11.8 Å². The second-order valence-electron chi connectivity index (χ2n) is 15.2. The molecule has 0 spiro atoms. The summed E-state index contributed by atoms with van der Waals surface area (Å²) in [4.78, 5) is 53.7. The SMILES string of the molecule is Cc1c(NC(=O)c2cc(C3CC3)c(C/N=C/C(CO)C(=O)O)cn2)cccc1-c1cccc(NC(=O)c2cc(C3CC3)c(CN3CC(C)(O)C3)cn2)c1C. The highest BCUT2D eigenvalue weighted by Crippen LogP contribution is 2.43. The predicted octanol–water partition coefficient (Wildman–Crippen LogP) is 5.85. The molecule has 280 valence electrons. The Morgan fingerprint density at radius 2 is 1.37 bits per heavy atom. The van der Waals surface area contributed by atoms with E-state index in [1.54, 1.807) is 12.3 Å². The number of benzene rings is 2. The fourth-order valence-corrected chi connectivity index (χ4v) is 7.30. The molecule has 2 saturated carbocycles. The van der Waals surface area contributed by atoms with E-state index >= 15 is 0 Å². The van der Waals surface area contributed by atoms with Gasteiger partial charge in [-0.05, 0) is 127 Å². The first-order chi connectivity index (χ1) is 25.9. The third-order valence-corrected chi connectivity index (χ3v) is 10.6. The third kappa shape index (κ3) is 8.25. The molecular weight excluding hydrogens is 684 g/mol. The minimum absolute atomic E-state index is 0.208. The highest BCUT2D eigenvalue weighted by Gasteiger charge is 2.37. The van der Waals surface area contributed by atoms with Gasteiger partial charge < -0.3 is 26.0 Å². The second-order valence-corrected chi connectivity index (χ2v) is 15.2. The third-order valence-electron chi connectivity index (χ3n) is 10.6. The maximum absolute atomic E-state index is 13.6. The molecule has 1 aliphatic heterocycles. The summed E-state index contributed by atoms with van der Waals surface area (Å²) in [6.45, 7) is 7.39. The van der Waals surface area contributed by atoms with Gasteiger partial charge in [0.2, 0.25) is 0 Å². The van der Waals surface area contributed by atoms with E-state index in [4.69, 9.17) is 0 Å². The number of aliphatic carboxylic acids is 1. The lowest BCUT2D eigenvalue weighted by Gasteiger charge is -2.44. The zero-order chi connectivity index (χ0) is 38.1. The number of nitrogens with one attached hydrogen (secondary N) is 2. The molecule has 3 fully saturated rings. The smallest absolute Gasteiger partial charge is 0.314 e. The minimum Gasteiger partial charge on any atom is -0.481 e. The van der Waals surface area contributed by atoms with Crippen molar-refractivity contribution in [3.05, 3.63) is 106 Å². The average molecular weight is 731 g/mol. The van der Waals surface area contributed by atoms with Crippen LogP contribution in [-0.2, 0) is 17.9 Å². The molecule has 3 heterocycles. The summed E-state index contributed by atoms with van der Waals surface area (Å²) < 4.78 is 0. The number of likely N-dealkylation sites (tertiary alicyclic amines) is 1. The number of nitrogens with zero attached hydrogens (tertiary/aromatic N) is 4. The van der Waals surface area contributed by atoms with Gasteiger partial charge in [-0.3, -0.25) is 34.2 Å². The molecule has 2 aromatic heterocycles. The number of aliphatic hydroxyl groups is 2. The molecule has 0 radical (unpaired) electrons. The van der Waals surface area contributed by atoms with Crippen LogP contribution in [0.15, 0.2) is 65.9 Å². The molecule has 54 heavy (non-hydrogen) atoms. The molecule has 2 amide bonds. The number of rotatable bonds is 14. The predicted molar refractivity (Wildman–Crippen MR) is 206 cm³/mol. The summed E-state index contributed by atoms with van der Waals surface area (Å²) >= 11 is 0. The Balaban J connectivity index is 1.06. The molecule has 1 saturated heterocycles. The van der Waals surface area contributed by atoms with E-state index in [0.717, 1.165) is 70.2 Å². The number of aliphatic hydroxyl groups excluding tert-OH is 1. The number of aromatic nitrogens is 2. The summed E-state index contributed by atoms with van der Waals surface area (Å²) in [5.74, 6) is -2.11. The summed E-state index contributed by atoms with van der Waals surface area (Å²) in [5.41, 5.74) is 8.94. The fourth-order valence-electron chi connectivity index (χ4n) is 7.30. The Morgan fingerprint density at radius 3 is 1.83 bits per heavy atom. The molecule has 12 heteroatoms. The molecule has 1 unspecified atom stereocenters. The molecule has 1 atom stereocenters. The topological polar surface area (TPSA) is 177 Å². The largest absolute Gasteiger partial charge is 0.481 e.